The molecule has 0 aliphatic heterocycles. The second-order valence-electron chi connectivity index (χ2n) is 23.7. The van der Waals surface area contributed by atoms with Gasteiger partial charge in [0.25, 0.3) is 0 Å². The van der Waals surface area contributed by atoms with Gasteiger partial charge in [0, 0.05) is 12.8 Å². The largest absolute Gasteiger partial charge is 0.472 e. The second kappa shape index (κ2) is 74.4. The molecule has 0 aromatic carbocycles. The number of carbonyl (C=O) groups is 4. The van der Waals surface area contributed by atoms with E-state index in [2.05, 4.69) is 204 Å². The number of hydrogen-bond donors (Lipinski definition) is 3. The zero-order chi connectivity index (χ0) is 76.0. The highest BCUT2D eigenvalue weighted by Crippen LogP contribution is 2.45. The Morgan fingerprint density at radius 2 is 0.519 bits per heavy atom. The fraction of sp³-hybridized carbons (Fsp3) is 0.506. The number of unbranched alkanes of at least 4 members (excludes halogenated alkanes) is 5. The first-order chi connectivity index (χ1) is 50.7. The van der Waals surface area contributed by atoms with Crippen molar-refractivity contribution in [2.45, 2.75) is 239 Å². The van der Waals surface area contributed by atoms with E-state index in [1.807, 2.05) is 36.5 Å². The van der Waals surface area contributed by atoms with Gasteiger partial charge in [0.1, 0.15) is 19.3 Å². The Kier molecular flexibility index (Phi) is 69.5. The number of aliphatic hydroxyl groups is 1. The highest BCUT2D eigenvalue weighted by atomic mass is 31.2. The number of aliphatic hydroxyl groups excluding tert-OH is 1. The number of phosphoric ester groups is 2. The van der Waals surface area contributed by atoms with Gasteiger partial charge in [-0.15, -0.1) is 0 Å². The molecule has 580 valence electrons. The van der Waals surface area contributed by atoms with Gasteiger partial charge < -0.3 is 33.8 Å². The third kappa shape index (κ3) is 73.4. The van der Waals surface area contributed by atoms with E-state index < -0.39 is 97.5 Å². The van der Waals surface area contributed by atoms with Crippen LogP contribution in [0.2, 0.25) is 0 Å². The van der Waals surface area contributed by atoms with E-state index in [-0.39, 0.29) is 25.7 Å². The van der Waals surface area contributed by atoms with Crippen molar-refractivity contribution in [2.75, 3.05) is 39.6 Å². The maximum atomic E-state index is 13.1. The molecule has 0 spiro atoms. The number of allylic oxidation sites excluding steroid dienone is 36. The number of esters is 4. The molecule has 0 fully saturated rings. The third-order valence-electron chi connectivity index (χ3n) is 14.2. The summed E-state index contributed by atoms with van der Waals surface area (Å²) in [6.45, 7) is 4.02. The Balaban J connectivity index is 5.59. The molecule has 0 aromatic rings. The van der Waals surface area contributed by atoms with Gasteiger partial charge in [-0.1, -0.05) is 265 Å². The molecule has 0 amide bonds. The minimum absolute atomic E-state index is 0.00921. The van der Waals surface area contributed by atoms with Crippen LogP contribution in [-0.4, -0.2) is 96.7 Å². The molecule has 0 rings (SSSR count). The summed E-state index contributed by atoms with van der Waals surface area (Å²) >= 11 is 0. The van der Waals surface area contributed by atoms with Crippen LogP contribution in [-0.2, 0) is 65.4 Å². The minimum Gasteiger partial charge on any atom is -0.462 e. The van der Waals surface area contributed by atoms with Gasteiger partial charge in [0.2, 0.25) is 0 Å². The predicted molar refractivity (Wildman–Crippen MR) is 426 cm³/mol. The smallest absolute Gasteiger partial charge is 0.462 e. The average Bonchev–Trinajstić information content (AvgIpc) is 0.918. The molecule has 0 saturated carbocycles. The van der Waals surface area contributed by atoms with Gasteiger partial charge in [-0.25, -0.2) is 9.13 Å². The zero-order valence-corrected chi connectivity index (χ0v) is 64.9. The second-order valence-corrected chi connectivity index (χ2v) is 26.6. The van der Waals surface area contributed by atoms with Crippen LogP contribution < -0.4 is 0 Å². The highest BCUT2D eigenvalue weighted by molar-refractivity contribution is 7.47. The van der Waals surface area contributed by atoms with Crippen LogP contribution in [0.4, 0.5) is 0 Å². The number of phosphoric acid groups is 2. The third-order valence-corrected chi connectivity index (χ3v) is 16.1. The molecule has 0 bridgehead atoms. The SMILES string of the molecule is CC/C=C\C/C=C\C/C=C\C/C=C\C/C=C\CCCCCC(=O)OCC(COP(=O)(O)OCC(O)COP(=O)(O)OCC(COC(=O)C/C=C\C/C=C\C/C=C\C/C=C\C/C=C\CC)OC(=O)CCCC/C=C\C/C=C\C/C=C\C/C=C\CC)OC(=O)C/C=C\C/C=C\C/C=C\C/C=C\C/C=C\CC. The standard InChI is InChI=1S/C85H128O17P2/c1-5-9-13-17-21-25-29-33-37-38-39-40-44-46-50-54-58-62-66-70-83(88)96-76-81(102-85(90)72-68-64-60-56-52-48-43-36-32-28-24-20-16-12-8-4)78-100-104(93,94)98-74-79(86)73-97-103(91,92)99-77-80(101-84(89)71-67-63-59-55-51-47-42-35-31-27-23-19-15-11-7-3)75-95-82(87)69-65-61-57-53-49-45-41-34-30-26-22-18-14-10-6-2/h9-16,21-28,33-37,39-43,46,49-53,55-56,61,64-65,68,79-81,86H,5-8,17-20,29-32,38,44-45,47-48,54,57-60,62-63,66-67,69-78H2,1-4H3,(H,91,92)(H,93,94)/b13-9-,14-10-,15-11-,16-12-,25-21-,26-22-,27-23-,28-24-,37-33-,40-39-,41-34-,42-35-,43-36-,50-46-,53-49-,55-51-,56-52-,65-61-,68-64-. The first-order valence-electron chi connectivity index (χ1n) is 37.6. The van der Waals surface area contributed by atoms with E-state index in [0.29, 0.717) is 32.1 Å². The molecule has 19 heteroatoms. The molecule has 17 nitrogen and oxygen atoms in total. The quantitative estimate of drug-likeness (QED) is 0.0169. The Morgan fingerprint density at radius 3 is 0.846 bits per heavy atom. The lowest BCUT2D eigenvalue weighted by Gasteiger charge is -2.21. The monoisotopic (exact) mass is 1480 g/mol. The molecule has 5 atom stereocenters. The number of ether oxygens (including phenoxy) is 4. The highest BCUT2D eigenvalue weighted by Gasteiger charge is 2.30. The molecule has 0 saturated heterocycles. The maximum absolute atomic E-state index is 13.1. The zero-order valence-electron chi connectivity index (χ0n) is 63.1. The van der Waals surface area contributed by atoms with E-state index in [1.165, 1.54) is 0 Å². The first kappa shape index (κ1) is 97.1. The summed E-state index contributed by atoms with van der Waals surface area (Å²) in [5.74, 6) is -2.60. The van der Waals surface area contributed by atoms with Crippen molar-refractivity contribution in [3.63, 3.8) is 0 Å². The number of carbonyl (C=O) groups excluding carboxylic acids is 4. The summed E-state index contributed by atoms with van der Waals surface area (Å²) in [6.07, 6.45) is 95.4. The summed E-state index contributed by atoms with van der Waals surface area (Å²) in [7, 11) is -10.1. The van der Waals surface area contributed by atoms with Crippen molar-refractivity contribution in [3.05, 3.63) is 231 Å². The maximum Gasteiger partial charge on any atom is 0.472 e. The van der Waals surface area contributed by atoms with Crippen molar-refractivity contribution in [1.82, 2.24) is 0 Å². The topological polar surface area (TPSA) is 237 Å². The van der Waals surface area contributed by atoms with E-state index >= 15 is 0 Å². The van der Waals surface area contributed by atoms with Crippen molar-refractivity contribution in [1.29, 1.82) is 0 Å². The van der Waals surface area contributed by atoms with Gasteiger partial charge >= 0.3 is 39.5 Å². The van der Waals surface area contributed by atoms with Gasteiger partial charge in [-0.2, -0.15) is 0 Å². The van der Waals surface area contributed by atoms with Crippen LogP contribution in [0.1, 0.15) is 220 Å². The van der Waals surface area contributed by atoms with Crippen LogP contribution in [0.3, 0.4) is 0 Å². The van der Waals surface area contributed by atoms with Gasteiger partial charge in [-0.05, 0) is 161 Å². The molecular weight excluding hydrogens is 1350 g/mol. The summed E-state index contributed by atoms with van der Waals surface area (Å²) < 4.78 is 68.1. The summed E-state index contributed by atoms with van der Waals surface area (Å²) in [5, 5.41) is 10.6. The molecular formula is C85H128O17P2. The summed E-state index contributed by atoms with van der Waals surface area (Å²) in [6, 6.07) is 0. The normalized spacial score (nSPS) is 15.2. The molecule has 104 heavy (non-hydrogen) atoms. The Labute approximate surface area is 625 Å². The van der Waals surface area contributed by atoms with Crippen LogP contribution in [0.15, 0.2) is 231 Å². The van der Waals surface area contributed by atoms with Crippen LogP contribution >= 0.6 is 15.6 Å². The fourth-order valence-corrected chi connectivity index (χ4v) is 10.2. The van der Waals surface area contributed by atoms with Gasteiger partial charge in [0.15, 0.2) is 12.2 Å². The van der Waals surface area contributed by atoms with Crippen molar-refractivity contribution >= 4 is 39.5 Å². The Bertz CT molecular complexity index is 2890. The lowest BCUT2D eigenvalue weighted by molar-refractivity contribution is -0.160. The summed E-state index contributed by atoms with van der Waals surface area (Å²) in [4.78, 5) is 72.7. The first-order valence-corrected chi connectivity index (χ1v) is 40.6. The molecule has 0 aliphatic rings. The summed E-state index contributed by atoms with van der Waals surface area (Å²) in [5.41, 5.74) is 0. The number of hydrogen-bond acceptors (Lipinski definition) is 15. The fourth-order valence-electron chi connectivity index (χ4n) is 8.62. The van der Waals surface area contributed by atoms with Crippen molar-refractivity contribution in [3.8, 4) is 0 Å². The molecule has 5 unspecified atom stereocenters. The van der Waals surface area contributed by atoms with Crippen LogP contribution in [0.25, 0.3) is 0 Å². The Morgan fingerprint density at radius 1 is 0.279 bits per heavy atom. The lowest BCUT2D eigenvalue weighted by atomic mass is 10.1. The molecule has 3 N–H and O–H groups in total. The number of rotatable bonds is 67. The van der Waals surface area contributed by atoms with Crippen LogP contribution in [0, 0.1) is 0 Å². The molecule has 0 aliphatic carbocycles. The molecule has 0 aromatic heterocycles. The Hall–Kier alpha value is -6.88. The van der Waals surface area contributed by atoms with E-state index in [9.17, 15) is 43.2 Å². The average molecular weight is 1480 g/mol. The van der Waals surface area contributed by atoms with Gasteiger partial charge in [0.05, 0.1) is 39.3 Å². The molecule has 0 radical (unpaired) electrons. The minimum atomic E-state index is -5.03. The van der Waals surface area contributed by atoms with E-state index in [0.717, 1.165) is 135 Å². The predicted octanol–water partition coefficient (Wildman–Crippen LogP) is 21.9. The van der Waals surface area contributed by atoms with E-state index in [1.54, 1.807) is 18.2 Å². The van der Waals surface area contributed by atoms with Crippen molar-refractivity contribution in [2.24, 2.45) is 0 Å². The van der Waals surface area contributed by atoms with Crippen LogP contribution in [0.5, 0.6) is 0 Å². The van der Waals surface area contributed by atoms with Gasteiger partial charge in [-0.3, -0.25) is 37.3 Å². The van der Waals surface area contributed by atoms with Crippen molar-refractivity contribution < 1.29 is 80.2 Å². The van der Waals surface area contributed by atoms with E-state index in [4.69, 9.17) is 37.0 Å². The molecule has 0 heterocycles. The lowest BCUT2D eigenvalue weighted by Crippen LogP contribution is -2.30.